The average Bonchev–Trinajstić information content (AvgIpc) is 2.14. The number of aliphatic hydroxyl groups is 1. The van der Waals surface area contributed by atoms with E-state index in [0.29, 0.717) is 12.0 Å². The molecule has 1 N–H and O–H groups in total. The van der Waals surface area contributed by atoms with Crippen LogP contribution in [0.1, 0.15) is 54.7 Å². The molecule has 0 fully saturated rings. The summed E-state index contributed by atoms with van der Waals surface area (Å²) in [4.78, 5) is 0. The van der Waals surface area contributed by atoms with E-state index in [0.717, 1.165) is 25.7 Å². The van der Waals surface area contributed by atoms with Crippen molar-refractivity contribution >= 4 is 0 Å². The summed E-state index contributed by atoms with van der Waals surface area (Å²) in [6.07, 6.45) is 8.38. The normalized spacial score (nSPS) is 36.7. The first kappa shape index (κ1) is 11.9. The third kappa shape index (κ3) is 4.52. The van der Waals surface area contributed by atoms with Crippen LogP contribution in [0.15, 0.2) is 23.8 Å². The van der Waals surface area contributed by atoms with Crippen molar-refractivity contribution in [3.8, 4) is 0 Å². The minimum atomic E-state index is -0.799. The van der Waals surface area contributed by atoms with Crippen molar-refractivity contribution in [2.45, 2.75) is 59.0 Å². The Kier molecular flexibility index (Phi) is 4.22. The van der Waals surface area contributed by atoms with Crippen molar-refractivity contribution < 1.29 is 6.48 Å². The van der Waals surface area contributed by atoms with E-state index in [-0.39, 0.29) is 5.92 Å². The fraction of sp³-hybridized carbons (Fsp3) is 0.733. The first-order valence-corrected chi connectivity index (χ1v) is 6.37. The van der Waals surface area contributed by atoms with E-state index in [1.54, 1.807) is 0 Å². The molecule has 0 radical (unpaired) electrons. The Morgan fingerprint density at radius 2 is 2.12 bits per heavy atom. The predicted octanol–water partition coefficient (Wildman–Crippen LogP) is 4.09. The Balaban J connectivity index is 2.92. The van der Waals surface area contributed by atoms with Gasteiger partial charge in [-0.25, -0.2) is 0 Å². The zero-order valence-electron chi connectivity index (χ0n) is 12.1. The molecular weight excluding hydrogens is 196 g/mol. The minimum absolute atomic E-state index is 0.0496. The molecular formula is C15H26O. The second-order valence-electron chi connectivity index (χ2n) is 5.68. The smallest absolute Gasteiger partial charge is 0.0654 e. The van der Waals surface area contributed by atoms with Gasteiger partial charge in [-0.1, -0.05) is 30.7 Å². The maximum Gasteiger partial charge on any atom is 0.0654 e. The lowest BCUT2D eigenvalue weighted by Crippen LogP contribution is -2.29. The van der Waals surface area contributed by atoms with Crippen molar-refractivity contribution in [1.29, 1.82) is 0 Å². The monoisotopic (exact) mass is 223 g/mol. The molecule has 0 amide bonds. The van der Waals surface area contributed by atoms with Crippen molar-refractivity contribution in [2.75, 3.05) is 0 Å². The van der Waals surface area contributed by atoms with E-state index in [1.165, 1.54) is 5.57 Å². The van der Waals surface area contributed by atoms with Gasteiger partial charge in [0.25, 0.3) is 0 Å². The second-order valence-corrected chi connectivity index (χ2v) is 5.68. The molecule has 0 saturated carbocycles. The molecule has 0 unspecified atom stereocenters. The van der Waals surface area contributed by atoms with Crippen LogP contribution < -0.4 is 0 Å². The summed E-state index contributed by atoms with van der Waals surface area (Å²) in [6.45, 7) is 7.94. The fourth-order valence-corrected chi connectivity index (χ4v) is 2.07. The summed E-state index contributed by atoms with van der Waals surface area (Å²) in [6, 6.07) is 0.611. The predicted molar refractivity (Wildman–Crippen MR) is 70.3 cm³/mol. The summed E-state index contributed by atoms with van der Waals surface area (Å²) in [5.74, 6) is 0.376. The number of hydrogen-bond donors (Lipinski definition) is 1. The maximum atomic E-state index is 10.2. The van der Waals surface area contributed by atoms with Gasteiger partial charge in [-0.2, -0.15) is 0 Å². The Hall–Kier alpha value is -0.560. The second kappa shape index (κ2) is 5.67. The van der Waals surface area contributed by atoms with Gasteiger partial charge in [0.1, 0.15) is 0 Å². The van der Waals surface area contributed by atoms with Crippen LogP contribution >= 0.6 is 0 Å². The summed E-state index contributed by atoms with van der Waals surface area (Å²) in [5, 5.41) is 10.2. The first-order valence-electron chi connectivity index (χ1n) is 6.87. The topological polar surface area (TPSA) is 20.2 Å². The van der Waals surface area contributed by atoms with Crippen LogP contribution in [0.2, 0.25) is 0 Å². The van der Waals surface area contributed by atoms with E-state index in [1.807, 2.05) is 19.9 Å². The highest BCUT2D eigenvalue weighted by Crippen LogP contribution is 2.27. The molecule has 0 aromatic carbocycles. The molecule has 0 aliphatic heterocycles. The van der Waals surface area contributed by atoms with E-state index in [4.69, 9.17) is 1.37 Å². The van der Waals surface area contributed by atoms with Crippen LogP contribution in [0, 0.1) is 11.8 Å². The Bertz CT molecular complexity index is 309. The van der Waals surface area contributed by atoms with Crippen molar-refractivity contribution in [1.82, 2.24) is 0 Å². The lowest BCUT2D eigenvalue weighted by atomic mass is 9.84. The standard InChI is InChI=1S/C15H26O/c1-12-6-5-7-13(2)9-11-14(10-8-12)15(3,4)16/h6,9,11,13-14,16H,5,7-8,10H2,1-4H3/b11-9+,12-6+/t13-,14+/m0/s1/i11D. The highest BCUT2D eigenvalue weighted by molar-refractivity contribution is 5.05. The average molecular weight is 223 g/mol. The molecule has 0 aromatic heterocycles. The molecule has 1 heteroatoms. The SMILES string of the molecule is [2H]/C1=C\[C@@H](C)CC/C=C(\C)CC[C@H]1C(C)(C)O. The van der Waals surface area contributed by atoms with E-state index in [9.17, 15) is 5.11 Å². The lowest BCUT2D eigenvalue weighted by molar-refractivity contribution is 0.0336. The molecule has 0 spiro atoms. The fourth-order valence-electron chi connectivity index (χ4n) is 2.07. The molecule has 92 valence electrons. The number of rotatable bonds is 1. The third-order valence-corrected chi connectivity index (χ3v) is 3.38. The molecule has 0 heterocycles. The van der Waals surface area contributed by atoms with Gasteiger partial charge >= 0.3 is 0 Å². The van der Waals surface area contributed by atoms with Crippen LogP contribution in [0.3, 0.4) is 0 Å². The molecule has 0 bridgehead atoms. The number of allylic oxidation sites excluding steroid dienone is 3. The quantitative estimate of drug-likeness (QED) is 0.664. The molecule has 16 heavy (non-hydrogen) atoms. The zero-order chi connectivity index (χ0) is 13.1. The molecule has 1 nitrogen and oxygen atoms in total. The molecule has 2 atom stereocenters. The summed E-state index contributed by atoms with van der Waals surface area (Å²) in [7, 11) is 0. The molecule has 1 rings (SSSR count). The van der Waals surface area contributed by atoms with Gasteiger partial charge in [0.2, 0.25) is 0 Å². The Labute approximate surface area is 102 Å². The van der Waals surface area contributed by atoms with Crippen LogP contribution in [0.25, 0.3) is 0 Å². The first-order chi connectivity index (χ1) is 7.80. The highest BCUT2D eigenvalue weighted by atomic mass is 16.3. The minimum Gasteiger partial charge on any atom is -0.390 e. The Morgan fingerprint density at radius 1 is 1.44 bits per heavy atom. The van der Waals surface area contributed by atoms with Crippen LogP contribution in [-0.2, 0) is 0 Å². The maximum absolute atomic E-state index is 10.2. The molecule has 0 saturated heterocycles. The third-order valence-electron chi connectivity index (χ3n) is 3.38. The van der Waals surface area contributed by atoms with E-state index >= 15 is 0 Å². The highest BCUT2D eigenvalue weighted by Gasteiger charge is 2.24. The van der Waals surface area contributed by atoms with Gasteiger partial charge in [-0.05, 0) is 52.4 Å². The number of hydrogen-bond acceptors (Lipinski definition) is 1. The van der Waals surface area contributed by atoms with Gasteiger partial charge < -0.3 is 5.11 Å². The lowest BCUT2D eigenvalue weighted by Gasteiger charge is -2.27. The van der Waals surface area contributed by atoms with Crippen LogP contribution in [-0.4, -0.2) is 10.7 Å². The zero-order valence-corrected chi connectivity index (χ0v) is 11.1. The van der Waals surface area contributed by atoms with Crippen molar-refractivity contribution in [3.63, 3.8) is 0 Å². The molecule has 1 aliphatic carbocycles. The van der Waals surface area contributed by atoms with Crippen molar-refractivity contribution in [2.24, 2.45) is 11.8 Å². The molecule has 1 aliphatic rings. The van der Waals surface area contributed by atoms with Gasteiger partial charge in [0.05, 0.1) is 6.97 Å². The van der Waals surface area contributed by atoms with Gasteiger partial charge in [0, 0.05) is 5.92 Å². The summed E-state index contributed by atoms with van der Waals surface area (Å²) < 4.78 is 8.17. The van der Waals surface area contributed by atoms with Gasteiger partial charge in [0.15, 0.2) is 0 Å². The largest absolute Gasteiger partial charge is 0.390 e. The van der Waals surface area contributed by atoms with Gasteiger partial charge in [-0.15, -0.1) is 0 Å². The summed E-state index contributed by atoms with van der Waals surface area (Å²) in [5.41, 5.74) is 0.591. The Morgan fingerprint density at radius 3 is 2.75 bits per heavy atom. The van der Waals surface area contributed by atoms with E-state index in [2.05, 4.69) is 19.9 Å². The van der Waals surface area contributed by atoms with E-state index < -0.39 is 5.60 Å². The van der Waals surface area contributed by atoms with Crippen LogP contribution in [0.4, 0.5) is 0 Å². The van der Waals surface area contributed by atoms with Crippen molar-refractivity contribution in [3.05, 3.63) is 23.8 Å². The molecule has 0 aromatic rings. The summed E-state index contributed by atoms with van der Waals surface area (Å²) >= 11 is 0. The van der Waals surface area contributed by atoms with Gasteiger partial charge in [-0.3, -0.25) is 0 Å². The van der Waals surface area contributed by atoms with Crippen LogP contribution in [0.5, 0.6) is 0 Å².